The van der Waals surface area contributed by atoms with Gasteiger partial charge in [-0.15, -0.1) is 0 Å². The third kappa shape index (κ3) is 4.57. The van der Waals surface area contributed by atoms with Gasteiger partial charge < -0.3 is 10.1 Å². The Morgan fingerprint density at radius 2 is 1.75 bits per heavy atom. The summed E-state index contributed by atoms with van der Waals surface area (Å²) < 4.78 is 6.07. The standard InChI is InChI=1S/C27H26BrClN2O5/c1-14-9-18(28)19(29)12-20(14)30-22(32)13-36-27(35)21(10-15-5-3-2-4-6-15)31-25(33)23-16-7-8-17(11-16)24(23)26(31)34/h2-6,9,12,16-17,21,23-24H,7-8,10-11,13H2,1H3,(H,30,32)/t16-,17-,21-,23+,24+/m0/s1. The SMILES string of the molecule is Cc1cc(Br)c(Cl)cc1NC(=O)COC(=O)[C@H](Cc1ccccc1)N1C(=O)[C@@H]2[C@H]3CC[C@@H](C3)[C@H]2C1=O. The number of esters is 1. The molecule has 0 radical (unpaired) electrons. The van der Waals surface area contributed by atoms with Crippen LogP contribution in [0.25, 0.3) is 0 Å². The van der Waals surface area contributed by atoms with Crippen LogP contribution in [0, 0.1) is 30.6 Å². The van der Waals surface area contributed by atoms with Crippen molar-refractivity contribution in [2.24, 2.45) is 23.7 Å². The first-order valence-corrected chi connectivity index (χ1v) is 13.2. The van der Waals surface area contributed by atoms with Crippen molar-refractivity contribution in [3.63, 3.8) is 0 Å². The van der Waals surface area contributed by atoms with Gasteiger partial charge in [0.05, 0.1) is 16.9 Å². The van der Waals surface area contributed by atoms with Crippen LogP contribution in [0.1, 0.15) is 30.4 Å². The maximum atomic E-state index is 13.4. The maximum Gasteiger partial charge on any atom is 0.330 e. The zero-order valence-corrected chi connectivity index (χ0v) is 22.1. The van der Waals surface area contributed by atoms with Gasteiger partial charge in [-0.05, 0) is 77.2 Å². The topological polar surface area (TPSA) is 92.8 Å². The Labute approximate surface area is 222 Å². The van der Waals surface area contributed by atoms with Gasteiger partial charge in [0.15, 0.2) is 6.61 Å². The van der Waals surface area contributed by atoms with Crippen LogP contribution in [0.3, 0.4) is 0 Å². The van der Waals surface area contributed by atoms with Crippen molar-refractivity contribution in [3.8, 4) is 0 Å². The third-order valence-electron chi connectivity index (χ3n) is 7.70. The second-order valence-corrected chi connectivity index (χ2v) is 11.1. The first-order valence-electron chi connectivity index (χ1n) is 12.1. The number of nitrogens with zero attached hydrogens (tertiary/aromatic N) is 1. The minimum Gasteiger partial charge on any atom is -0.454 e. The molecular weight excluding hydrogens is 548 g/mol. The van der Waals surface area contributed by atoms with E-state index in [1.54, 1.807) is 12.1 Å². The third-order valence-corrected chi connectivity index (χ3v) is 8.90. The van der Waals surface area contributed by atoms with Crippen molar-refractivity contribution in [2.75, 3.05) is 11.9 Å². The summed E-state index contributed by atoms with van der Waals surface area (Å²) in [6.45, 7) is 1.26. The van der Waals surface area contributed by atoms with Crippen LogP contribution in [0.15, 0.2) is 46.9 Å². The molecule has 188 valence electrons. The number of amides is 3. The van der Waals surface area contributed by atoms with Crippen molar-refractivity contribution in [1.82, 2.24) is 4.90 Å². The van der Waals surface area contributed by atoms with Crippen molar-refractivity contribution in [2.45, 2.75) is 38.6 Å². The van der Waals surface area contributed by atoms with E-state index < -0.39 is 24.5 Å². The number of carbonyl (C=O) groups is 4. The molecule has 1 heterocycles. The number of imide groups is 1. The lowest BCUT2D eigenvalue weighted by molar-refractivity contribution is -0.160. The van der Waals surface area contributed by atoms with E-state index in [4.69, 9.17) is 16.3 Å². The van der Waals surface area contributed by atoms with Crippen molar-refractivity contribution in [1.29, 1.82) is 0 Å². The van der Waals surface area contributed by atoms with Gasteiger partial charge in [-0.2, -0.15) is 0 Å². The molecule has 2 bridgehead atoms. The summed E-state index contributed by atoms with van der Waals surface area (Å²) >= 11 is 9.46. The molecule has 2 saturated carbocycles. The second kappa shape index (κ2) is 9.98. The van der Waals surface area contributed by atoms with Crippen LogP contribution in [0.4, 0.5) is 5.69 Å². The quantitative estimate of drug-likeness (QED) is 0.388. The Kier molecular flexibility index (Phi) is 6.92. The number of hydrogen-bond acceptors (Lipinski definition) is 5. The molecule has 1 saturated heterocycles. The largest absolute Gasteiger partial charge is 0.454 e. The van der Waals surface area contributed by atoms with Gasteiger partial charge in [0.25, 0.3) is 5.91 Å². The van der Waals surface area contributed by atoms with Gasteiger partial charge in [-0.25, -0.2) is 4.79 Å². The molecule has 3 aliphatic rings. The fraction of sp³-hybridized carbons (Fsp3) is 0.407. The Hall–Kier alpha value is -2.71. The van der Waals surface area contributed by atoms with Gasteiger partial charge in [0.2, 0.25) is 11.8 Å². The number of rotatable bonds is 7. The average molecular weight is 574 g/mol. The summed E-state index contributed by atoms with van der Waals surface area (Å²) in [5.41, 5.74) is 2.07. The fourth-order valence-electron chi connectivity index (χ4n) is 6.06. The smallest absolute Gasteiger partial charge is 0.330 e. The van der Waals surface area contributed by atoms with E-state index in [2.05, 4.69) is 21.2 Å². The maximum absolute atomic E-state index is 13.4. The van der Waals surface area contributed by atoms with E-state index in [1.807, 2.05) is 37.3 Å². The van der Waals surface area contributed by atoms with Crippen molar-refractivity contribution < 1.29 is 23.9 Å². The fourth-order valence-corrected chi connectivity index (χ4v) is 6.68. The van der Waals surface area contributed by atoms with Gasteiger partial charge in [0, 0.05) is 16.6 Å². The predicted octanol–water partition coefficient (Wildman–Crippen LogP) is 4.54. The molecule has 3 fully saturated rings. The number of fused-ring (bicyclic) bond motifs is 5. The highest BCUT2D eigenvalue weighted by Crippen LogP contribution is 2.56. The van der Waals surface area contributed by atoms with E-state index in [1.165, 1.54) is 0 Å². The zero-order valence-electron chi connectivity index (χ0n) is 19.7. The molecule has 5 atom stereocenters. The monoisotopic (exact) mass is 572 g/mol. The average Bonchev–Trinajstić information content (AvgIpc) is 3.54. The minimum atomic E-state index is -1.12. The summed E-state index contributed by atoms with van der Waals surface area (Å²) in [7, 11) is 0. The van der Waals surface area contributed by atoms with E-state index >= 15 is 0 Å². The highest BCUT2D eigenvalue weighted by molar-refractivity contribution is 9.10. The van der Waals surface area contributed by atoms with Gasteiger partial charge >= 0.3 is 5.97 Å². The highest BCUT2D eigenvalue weighted by Gasteiger charge is 2.62. The molecular formula is C27H26BrClN2O5. The summed E-state index contributed by atoms with van der Waals surface area (Å²) in [6, 6.07) is 11.5. The van der Waals surface area contributed by atoms with E-state index in [0.717, 1.165) is 35.3 Å². The van der Waals surface area contributed by atoms with Crippen LogP contribution >= 0.6 is 27.5 Å². The first-order chi connectivity index (χ1) is 17.2. The molecule has 1 aliphatic heterocycles. The summed E-state index contributed by atoms with van der Waals surface area (Å²) in [5, 5.41) is 3.12. The lowest BCUT2D eigenvalue weighted by Crippen LogP contribution is -2.48. The molecule has 1 N–H and O–H groups in total. The second-order valence-electron chi connectivity index (χ2n) is 9.87. The number of anilines is 1. The number of likely N-dealkylation sites (tertiary alicyclic amines) is 1. The number of aryl methyl sites for hydroxylation is 1. The Morgan fingerprint density at radius 3 is 2.39 bits per heavy atom. The Balaban J connectivity index is 1.32. The highest BCUT2D eigenvalue weighted by atomic mass is 79.9. The lowest BCUT2D eigenvalue weighted by atomic mass is 9.81. The minimum absolute atomic E-state index is 0.134. The first kappa shape index (κ1) is 25.0. The predicted molar refractivity (Wildman–Crippen MR) is 137 cm³/mol. The molecule has 2 aromatic rings. The lowest BCUT2D eigenvalue weighted by Gasteiger charge is -2.26. The van der Waals surface area contributed by atoms with Crippen LogP contribution in [0.2, 0.25) is 5.02 Å². The Morgan fingerprint density at radius 1 is 1.11 bits per heavy atom. The normalized spacial score (nSPS) is 25.1. The molecule has 9 heteroatoms. The van der Waals surface area contributed by atoms with Gasteiger partial charge in [0.1, 0.15) is 6.04 Å². The number of carbonyl (C=O) groups excluding carboxylic acids is 4. The van der Waals surface area contributed by atoms with Crippen molar-refractivity contribution in [3.05, 3.63) is 63.1 Å². The molecule has 2 aromatic carbocycles. The number of hydrogen-bond donors (Lipinski definition) is 1. The number of nitrogens with one attached hydrogen (secondary N) is 1. The van der Waals surface area contributed by atoms with Crippen LogP contribution in [-0.4, -0.2) is 41.2 Å². The zero-order chi connectivity index (χ0) is 25.6. The van der Waals surface area contributed by atoms with Gasteiger partial charge in [-0.3, -0.25) is 19.3 Å². The molecule has 0 spiro atoms. The number of benzene rings is 2. The van der Waals surface area contributed by atoms with Gasteiger partial charge in [-0.1, -0.05) is 41.9 Å². The van der Waals surface area contributed by atoms with Crippen LogP contribution in [0.5, 0.6) is 0 Å². The van der Waals surface area contributed by atoms with E-state index in [9.17, 15) is 19.2 Å². The summed E-state index contributed by atoms with van der Waals surface area (Å²) in [5.74, 6) is -2.13. The van der Waals surface area contributed by atoms with Crippen molar-refractivity contribution >= 4 is 56.9 Å². The molecule has 0 unspecified atom stereocenters. The number of halogens is 2. The summed E-state index contributed by atoms with van der Waals surface area (Å²) in [4.78, 5) is 53.8. The molecule has 2 aliphatic carbocycles. The Bertz CT molecular complexity index is 1210. The molecule has 7 nitrogen and oxygen atoms in total. The molecule has 36 heavy (non-hydrogen) atoms. The van der Waals surface area contributed by atoms with Crippen LogP contribution < -0.4 is 5.32 Å². The van der Waals surface area contributed by atoms with E-state index in [-0.39, 0.29) is 41.9 Å². The summed E-state index contributed by atoms with van der Waals surface area (Å²) in [6.07, 6.45) is 2.95. The van der Waals surface area contributed by atoms with E-state index in [0.29, 0.717) is 15.2 Å². The van der Waals surface area contributed by atoms with Crippen LogP contribution in [-0.2, 0) is 30.3 Å². The molecule has 3 amide bonds. The number of ether oxygens (including phenoxy) is 1. The molecule has 5 rings (SSSR count). The molecule has 0 aromatic heterocycles.